The normalized spacial score (nSPS) is 16.5. The van der Waals surface area contributed by atoms with E-state index in [1.54, 1.807) is 37.6 Å². The van der Waals surface area contributed by atoms with Crippen molar-refractivity contribution in [2.24, 2.45) is 0 Å². The Kier molecular flexibility index (Phi) is 4.62. The molecule has 1 aromatic rings. The molecule has 0 atom stereocenters. The average molecular weight is 310 g/mol. The minimum atomic E-state index is -0.212. The number of methoxy groups -OCH3 is 1. The van der Waals surface area contributed by atoms with E-state index < -0.39 is 0 Å². The van der Waals surface area contributed by atoms with Crippen LogP contribution in [0.25, 0.3) is 0 Å². The van der Waals surface area contributed by atoms with E-state index in [-0.39, 0.29) is 11.5 Å². The molecule has 0 bridgehead atoms. The lowest BCUT2D eigenvalue weighted by molar-refractivity contribution is 0.0926. The van der Waals surface area contributed by atoms with E-state index >= 15 is 0 Å². The van der Waals surface area contributed by atoms with Gasteiger partial charge in [0.1, 0.15) is 24.0 Å². The van der Waals surface area contributed by atoms with Crippen LogP contribution >= 0.6 is 0 Å². The van der Waals surface area contributed by atoms with Crippen molar-refractivity contribution in [3.63, 3.8) is 0 Å². The van der Waals surface area contributed by atoms with Crippen LogP contribution in [0.3, 0.4) is 0 Å². The van der Waals surface area contributed by atoms with Crippen molar-refractivity contribution in [3.05, 3.63) is 77.7 Å². The summed E-state index contributed by atoms with van der Waals surface area (Å²) in [6, 6.07) is 6.90. The smallest absolute Gasteiger partial charge is 0.231 e. The van der Waals surface area contributed by atoms with Gasteiger partial charge in [0.05, 0.1) is 7.11 Å². The highest BCUT2D eigenvalue weighted by molar-refractivity contribution is 6.07. The first kappa shape index (κ1) is 15.2. The van der Waals surface area contributed by atoms with Crippen LogP contribution in [0.2, 0.25) is 0 Å². The van der Waals surface area contributed by atoms with Gasteiger partial charge in [-0.1, -0.05) is 23.8 Å². The molecule has 2 aliphatic rings. The Morgan fingerprint density at radius 3 is 2.74 bits per heavy atom. The van der Waals surface area contributed by atoms with Crippen LogP contribution in [0.15, 0.2) is 72.1 Å². The molecule has 1 aliphatic heterocycles. The van der Waals surface area contributed by atoms with E-state index in [0.29, 0.717) is 23.5 Å². The minimum Gasteiger partial charge on any atom is -0.497 e. The molecule has 0 saturated carbocycles. The van der Waals surface area contributed by atoms with Gasteiger partial charge < -0.3 is 14.2 Å². The Hall–Kier alpha value is -2.75. The lowest BCUT2D eigenvalue weighted by Gasteiger charge is -2.17. The summed E-state index contributed by atoms with van der Waals surface area (Å²) in [6.45, 7) is 0. The van der Waals surface area contributed by atoms with Crippen molar-refractivity contribution in [2.45, 2.75) is 19.3 Å². The van der Waals surface area contributed by atoms with Crippen molar-refractivity contribution in [1.82, 2.24) is 0 Å². The van der Waals surface area contributed by atoms with Gasteiger partial charge in [-0.3, -0.25) is 4.79 Å². The number of ketones is 1. The highest BCUT2D eigenvalue weighted by Gasteiger charge is 2.20. The van der Waals surface area contributed by atoms with Crippen LogP contribution in [0.5, 0.6) is 5.75 Å². The molecule has 3 rings (SSSR count). The highest BCUT2D eigenvalue weighted by Crippen LogP contribution is 2.26. The van der Waals surface area contributed by atoms with Gasteiger partial charge in [-0.05, 0) is 37.1 Å². The second-order valence-electron chi connectivity index (χ2n) is 5.33. The second kappa shape index (κ2) is 7.01. The van der Waals surface area contributed by atoms with E-state index in [1.165, 1.54) is 11.8 Å². The summed E-state index contributed by atoms with van der Waals surface area (Å²) in [6.07, 6.45) is 11.8. The van der Waals surface area contributed by atoms with Gasteiger partial charge in [-0.2, -0.15) is 0 Å². The number of rotatable bonds is 5. The molecule has 0 spiro atoms. The number of allylic oxidation sites excluding steroid dienone is 5. The maximum atomic E-state index is 12.5. The molecule has 1 heterocycles. The molecule has 0 radical (unpaired) electrons. The van der Waals surface area contributed by atoms with Gasteiger partial charge in [0.25, 0.3) is 0 Å². The number of ether oxygens (including phenoxy) is 3. The molecule has 0 saturated heterocycles. The van der Waals surface area contributed by atoms with Gasteiger partial charge in [-0.25, -0.2) is 0 Å². The third kappa shape index (κ3) is 3.72. The zero-order chi connectivity index (χ0) is 16.1. The first-order valence-electron chi connectivity index (χ1n) is 7.52. The zero-order valence-corrected chi connectivity index (χ0v) is 13.0. The maximum Gasteiger partial charge on any atom is 0.231 e. The molecular formula is C19H18O4. The Bertz CT molecular complexity index is 705. The molecule has 0 aromatic heterocycles. The topological polar surface area (TPSA) is 44.8 Å². The summed E-state index contributed by atoms with van der Waals surface area (Å²) in [5.74, 6) is 1.33. The van der Waals surface area contributed by atoms with E-state index in [1.807, 2.05) is 6.08 Å². The molecule has 23 heavy (non-hydrogen) atoms. The summed E-state index contributed by atoms with van der Waals surface area (Å²) in [7, 11) is 1.59. The standard InChI is InChI=1S/C19H18O4/c1-21-16-9-7-15(8-10-16)19(20)18-13-22-12-17(23-18)11-14-5-3-2-4-6-14/h2-3,5,7-10,12-13H,4,6,11H2,1H3. The first-order chi connectivity index (χ1) is 11.3. The monoisotopic (exact) mass is 310 g/mol. The van der Waals surface area contributed by atoms with Gasteiger partial charge in [-0.15, -0.1) is 0 Å². The molecule has 0 unspecified atom stereocenters. The van der Waals surface area contributed by atoms with Crippen LogP contribution in [-0.2, 0) is 9.47 Å². The number of carbonyl (C=O) groups is 1. The molecule has 0 N–H and O–H groups in total. The largest absolute Gasteiger partial charge is 0.497 e. The summed E-state index contributed by atoms with van der Waals surface area (Å²) in [5.41, 5.74) is 1.79. The van der Waals surface area contributed by atoms with Gasteiger partial charge in [0.15, 0.2) is 0 Å². The van der Waals surface area contributed by atoms with Crippen LogP contribution in [0, 0.1) is 0 Å². The predicted octanol–water partition coefficient (Wildman–Crippen LogP) is 4.27. The number of hydrogen-bond donors (Lipinski definition) is 0. The SMILES string of the molecule is COc1ccc(C(=O)C2=COC=C(CC3=CC=CCC3)O2)cc1. The Morgan fingerprint density at radius 1 is 1.22 bits per heavy atom. The van der Waals surface area contributed by atoms with E-state index in [2.05, 4.69) is 12.2 Å². The van der Waals surface area contributed by atoms with Crippen molar-refractivity contribution >= 4 is 5.78 Å². The van der Waals surface area contributed by atoms with Crippen molar-refractivity contribution in [3.8, 4) is 5.75 Å². The number of hydrogen-bond acceptors (Lipinski definition) is 4. The second-order valence-corrected chi connectivity index (χ2v) is 5.33. The third-order valence-corrected chi connectivity index (χ3v) is 3.69. The molecule has 0 fully saturated rings. The molecule has 4 nitrogen and oxygen atoms in total. The molecular weight excluding hydrogens is 292 g/mol. The minimum absolute atomic E-state index is 0.194. The maximum absolute atomic E-state index is 12.5. The fourth-order valence-corrected chi connectivity index (χ4v) is 2.45. The summed E-state index contributed by atoms with van der Waals surface area (Å²) in [4.78, 5) is 12.5. The number of benzene rings is 1. The predicted molar refractivity (Wildman–Crippen MR) is 86.7 cm³/mol. The quantitative estimate of drug-likeness (QED) is 0.762. The van der Waals surface area contributed by atoms with Crippen LogP contribution in [-0.4, -0.2) is 12.9 Å². The Labute approximate surface area is 135 Å². The fraction of sp³-hybridized carbons (Fsp3) is 0.211. The van der Waals surface area contributed by atoms with Crippen LogP contribution < -0.4 is 4.74 Å². The van der Waals surface area contributed by atoms with Crippen LogP contribution in [0.4, 0.5) is 0 Å². The fourth-order valence-electron chi connectivity index (χ4n) is 2.45. The van der Waals surface area contributed by atoms with Crippen molar-refractivity contribution in [2.75, 3.05) is 7.11 Å². The van der Waals surface area contributed by atoms with Crippen LogP contribution in [0.1, 0.15) is 29.6 Å². The third-order valence-electron chi connectivity index (χ3n) is 3.69. The molecule has 0 amide bonds. The average Bonchev–Trinajstić information content (AvgIpc) is 2.62. The molecule has 1 aliphatic carbocycles. The lowest BCUT2D eigenvalue weighted by Crippen LogP contribution is -2.11. The zero-order valence-electron chi connectivity index (χ0n) is 13.0. The van der Waals surface area contributed by atoms with E-state index in [4.69, 9.17) is 14.2 Å². The summed E-state index contributed by atoms with van der Waals surface area (Å²) >= 11 is 0. The molecule has 118 valence electrons. The number of carbonyl (C=O) groups excluding carboxylic acids is 1. The Balaban J connectivity index is 1.66. The lowest BCUT2D eigenvalue weighted by atomic mass is 10.0. The van der Waals surface area contributed by atoms with E-state index in [0.717, 1.165) is 12.8 Å². The van der Waals surface area contributed by atoms with E-state index in [9.17, 15) is 4.79 Å². The van der Waals surface area contributed by atoms with Gasteiger partial charge in [0, 0.05) is 12.0 Å². The highest BCUT2D eigenvalue weighted by atomic mass is 16.5. The molecule has 1 aromatic carbocycles. The summed E-state index contributed by atoms with van der Waals surface area (Å²) in [5, 5.41) is 0. The van der Waals surface area contributed by atoms with Gasteiger partial charge >= 0.3 is 0 Å². The van der Waals surface area contributed by atoms with Gasteiger partial charge in [0.2, 0.25) is 11.5 Å². The molecule has 4 heteroatoms. The summed E-state index contributed by atoms with van der Waals surface area (Å²) < 4.78 is 16.1. The van der Waals surface area contributed by atoms with Crippen molar-refractivity contribution in [1.29, 1.82) is 0 Å². The Morgan fingerprint density at radius 2 is 2.04 bits per heavy atom. The number of Topliss-reactive ketones (excluding diaryl/α,β-unsaturated/α-hetero) is 1. The van der Waals surface area contributed by atoms with Crippen molar-refractivity contribution < 1.29 is 19.0 Å². The first-order valence-corrected chi connectivity index (χ1v) is 7.52.